The van der Waals surface area contributed by atoms with Gasteiger partial charge in [-0.2, -0.15) is 18.4 Å². The van der Waals surface area contributed by atoms with Gasteiger partial charge in [-0.05, 0) is 68.0 Å². The third kappa shape index (κ3) is 8.52. The monoisotopic (exact) mass is 803 g/mol. The van der Waals surface area contributed by atoms with Crippen molar-refractivity contribution in [2.24, 2.45) is 10.8 Å². The maximum Gasteiger partial charge on any atom is 0.490 e. The molecule has 4 aromatic rings. The fraction of sp³-hybridized carbons (Fsp3) is 0.257. The molecule has 0 spiro atoms. The molecule has 0 fully saturated rings. The molecule has 1 aliphatic rings. The van der Waals surface area contributed by atoms with Crippen LogP contribution < -0.4 is 37.9 Å². The Bertz CT molecular complexity index is 2060. The summed E-state index contributed by atoms with van der Waals surface area (Å²) < 4.78 is 83.1. The number of nitrogens with two attached hydrogens (primary N) is 1. The smallest absolute Gasteiger partial charge is 0.490 e. The Labute approximate surface area is 308 Å². The van der Waals surface area contributed by atoms with E-state index in [1.165, 1.54) is 0 Å². The molecule has 0 aliphatic carbocycles. The second-order valence-electron chi connectivity index (χ2n) is 11.5. The minimum atomic E-state index is -5.52. The molecule has 2 atom stereocenters. The number of alkyl halides is 3. The minimum absolute atomic E-state index is 0. The van der Waals surface area contributed by atoms with Crippen molar-refractivity contribution in [2.75, 3.05) is 6.54 Å². The number of nitrogens with one attached hydrogen (secondary N) is 1. The number of ether oxygens (including phenoxy) is 2. The van der Waals surface area contributed by atoms with Crippen LogP contribution in [0.5, 0.6) is 5.75 Å². The summed E-state index contributed by atoms with van der Waals surface area (Å²) in [5.74, 6) is -7.03. The molecule has 5 rings (SSSR count). The van der Waals surface area contributed by atoms with Crippen molar-refractivity contribution in [1.82, 2.24) is 15.4 Å². The lowest BCUT2D eigenvalue weighted by molar-refractivity contribution is -0.217. The molecule has 17 heteroatoms. The van der Waals surface area contributed by atoms with Crippen LogP contribution >= 0.6 is 11.3 Å². The maximum atomic E-state index is 15.9. The zero-order valence-electron chi connectivity index (χ0n) is 27.4. The lowest BCUT2D eigenvalue weighted by atomic mass is 9.76. The van der Waals surface area contributed by atoms with E-state index in [1.807, 2.05) is 0 Å². The number of aliphatic imine (C=N–C) groups is 1. The van der Waals surface area contributed by atoms with E-state index in [1.54, 1.807) is 55.6 Å². The number of thiazole rings is 1. The van der Waals surface area contributed by atoms with E-state index in [2.05, 4.69) is 26.6 Å². The van der Waals surface area contributed by atoms with Crippen molar-refractivity contribution in [3.8, 4) is 23.1 Å². The summed E-state index contributed by atoms with van der Waals surface area (Å²) in [5, 5.41) is 15.4. The van der Waals surface area contributed by atoms with Gasteiger partial charge in [0.15, 0.2) is 11.5 Å². The van der Waals surface area contributed by atoms with Crippen molar-refractivity contribution in [3.05, 3.63) is 104 Å². The number of nitriles is 1. The normalized spacial score (nSPS) is 13.9. The van der Waals surface area contributed by atoms with E-state index >= 15 is 4.39 Å². The number of esters is 2. The number of hydrogen-bond acceptors (Lipinski definition) is 11. The summed E-state index contributed by atoms with van der Waals surface area (Å²) in [5.41, 5.74) is 7.54. The van der Waals surface area contributed by atoms with Gasteiger partial charge >= 0.3 is 24.0 Å². The average Bonchev–Trinajstić information content (AvgIpc) is 3.79. The van der Waals surface area contributed by atoms with Crippen molar-refractivity contribution < 1.29 is 58.0 Å². The van der Waals surface area contributed by atoms with Gasteiger partial charge in [-0.15, -0.1) is 16.8 Å². The molecule has 1 unspecified atom stereocenters. The summed E-state index contributed by atoms with van der Waals surface area (Å²) in [6, 6.07) is 14.2. The quantitative estimate of drug-likeness (QED) is 0.126. The number of carbonyl (C=O) groups is 2. The Morgan fingerprint density at radius 3 is 2.42 bits per heavy atom. The van der Waals surface area contributed by atoms with Crippen LogP contribution in [0.3, 0.4) is 0 Å². The number of benzene rings is 3. The van der Waals surface area contributed by atoms with Crippen molar-refractivity contribution in [1.29, 1.82) is 5.26 Å². The van der Waals surface area contributed by atoms with Gasteiger partial charge in [0.1, 0.15) is 22.4 Å². The molecule has 0 saturated heterocycles. The van der Waals surface area contributed by atoms with Crippen LogP contribution in [0.25, 0.3) is 11.3 Å². The van der Waals surface area contributed by atoms with Crippen LogP contribution in [-0.2, 0) is 26.3 Å². The minimum Gasteiger partial charge on any atom is -1.00 e. The highest BCUT2D eigenvalue weighted by Crippen LogP contribution is 2.48. The first-order valence-corrected chi connectivity index (χ1v) is 16.2. The number of halogens is 6. The summed E-state index contributed by atoms with van der Waals surface area (Å²) in [6.45, 7) is 3.06. The molecule has 0 bridgehead atoms. The second-order valence-corrected chi connectivity index (χ2v) is 12.4. The molecule has 271 valence electrons. The Morgan fingerprint density at radius 1 is 1.10 bits per heavy atom. The molecule has 0 saturated carbocycles. The fourth-order valence-electron chi connectivity index (χ4n) is 5.94. The van der Waals surface area contributed by atoms with E-state index in [0.717, 1.165) is 29.8 Å². The molecule has 1 aliphatic heterocycles. The van der Waals surface area contributed by atoms with E-state index in [-0.39, 0.29) is 58.5 Å². The van der Waals surface area contributed by atoms with Crippen molar-refractivity contribution in [3.63, 3.8) is 0 Å². The van der Waals surface area contributed by atoms with Crippen LogP contribution in [-0.4, -0.2) is 41.8 Å². The summed E-state index contributed by atoms with van der Waals surface area (Å²) in [6.07, 6.45) is -4.68. The predicted molar refractivity (Wildman–Crippen MR) is 178 cm³/mol. The molecule has 10 nitrogen and oxygen atoms in total. The predicted octanol–water partition coefficient (Wildman–Crippen LogP) is 2.83. The highest BCUT2D eigenvalue weighted by atomic mass is 79.9. The van der Waals surface area contributed by atoms with Gasteiger partial charge in [0, 0.05) is 27.7 Å². The molecule has 0 amide bonds. The Balaban J connectivity index is 0.00000605. The van der Waals surface area contributed by atoms with E-state index in [0.29, 0.717) is 34.1 Å². The van der Waals surface area contributed by atoms with Crippen LogP contribution in [0.2, 0.25) is 0 Å². The largest absolute Gasteiger partial charge is 1.00 e. The van der Waals surface area contributed by atoms with Gasteiger partial charge in [0.05, 0.1) is 23.9 Å². The first kappa shape index (κ1) is 39.7. The average molecular weight is 805 g/mol. The summed E-state index contributed by atoms with van der Waals surface area (Å²) in [7, 11) is 0. The van der Waals surface area contributed by atoms with Crippen LogP contribution in [0.1, 0.15) is 51.6 Å². The molecule has 3 aromatic carbocycles. The first-order chi connectivity index (χ1) is 24.3. The van der Waals surface area contributed by atoms with E-state index in [4.69, 9.17) is 15.2 Å². The van der Waals surface area contributed by atoms with Gasteiger partial charge in [-0.3, -0.25) is 4.79 Å². The van der Waals surface area contributed by atoms with E-state index in [9.17, 15) is 32.4 Å². The number of carbonyl (C=O) groups excluding carboxylic acids is 2. The molecular weight excluding hydrogens is 775 g/mol. The number of amidine groups is 1. The molecule has 52 heavy (non-hydrogen) atoms. The number of nitrogens with zero attached hydrogens (tertiary/aromatic N) is 4. The number of aryl methyl sites for hydroxylation is 3. The zero-order chi connectivity index (χ0) is 36.9. The fourth-order valence-corrected chi connectivity index (χ4v) is 6.93. The lowest BCUT2D eigenvalue weighted by Crippen LogP contribution is -3.00. The molecule has 1 aromatic heterocycles. The third-order valence-electron chi connectivity index (χ3n) is 8.06. The second kappa shape index (κ2) is 16.5. The van der Waals surface area contributed by atoms with E-state index < -0.39 is 53.3 Å². The maximum absolute atomic E-state index is 15.9. The van der Waals surface area contributed by atoms with Crippen molar-refractivity contribution >= 4 is 35.4 Å². The number of hydrazone groups is 1. The lowest BCUT2D eigenvalue weighted by Gasteiger charge is -2.38. The van der Waals surface area contributed by atoms with Gasteiger partial charge in [0.25, 0.3) is 6.34 Å². The Hall–Kier alpha value is -5.05. The summed E-state index contributed by atoms with van der Waals surface area (Å²) in [4.78, 5) is 33.5. The molecular formula is C35H29BrF5N6O4S. The van der Waals surface area contributed by atoms with Gasteiger partial charge in [-0.1, -0.05) is 35.3 Å². The van der Waals surface area contributed by atoms with Gasteiger partial charge in [0.2, 0.25) is 0 Å². The Morgan fingerprint density at radius 2 is 1.81 bits per heavy atom. The number of rotatable bonds is 12. The molecule has 2 heterocycles. The molecule has 1 radical (unpaired) electrons. The SMILES string of the molecule is Cc1cc(CCC[C@](OC(=O)C(F)(F)F)(c2ccc(F)cc2F)C(C2=NNC=[N+]2)c2nc(-c3ccccc3C#N)cs2)cc(C)c1OC(=O)CN.[Br-]. The highest BCUT2D eigenvalue weighted by molar-refractivity contribution is 7.10. The van der Waals surface area contributed by atoms with Crippen molar-refractivity contribution in [2.45, 2.75) is 50.8 Å². The zero-order valence-corrected chi connectivity index (χ0v) is 29.8. The topological polar surface area (TPSA) is 154 Å². The third-order valence-corrected chi connectivity index (χ3v) is 8.97. The number of hydrogen-bond donors (Lipinski definition) is 2. The van der Waals surface area contributed by atoms with Gasteiger partial charge < -0.3 is 32.2 Å². The Kier molecular flexibility index (Phi) is 12.6. The summed E-state index contributed by atoms with van der Waals surface area (Å²) >= 11 is 0.943. The van der Waals surface area contributed by atoms with Gasteiger partial charge in [-0.25, -0.2) is 18.6 Å². The first-order valence-electron chi connectivity index (χ1n) is 15.3. The highest BCUT2D eigenvalue weighted by Gasteiger charge is 2.57. The standard InChI is InChI=1S/C35H29F5N6O4S.BrH/c1-19-12-21(13-20(2)30(19)49-28(47)16-42)6-5-11-34(50-33(48)35(38,39)40,25-10-9-23(36)14-26(25)37)29(31-43-18-44-46-31)32-45-27(17-51-32)24-8-4-3-7-22(24)15-41;/h3-4,7-10,12-14,17-18,29H,5-6,11,16,42H2,1-2H3,(H,44,46);1H/q+1;/p-1/t29?,34-;/m0./s1. The van der Waals surface area contributed by atoms with Crippen LogP contribution in [0, 0.1) is 36.8 Å². The number of aromatic nitrogens is 1. The molecule has 3 N–H and O–H groups in total. The van der Waals surface area contributed by atoms with Crippen LogP contribution in [0.4, 0.5) is 22.0 Å². The van der Waals surface area contributed by atoms with Crippen LogP contribution in [0.15, 0.2) is 65.1 Å².